The fraction of sp³-hybridized carbons (Fsp3) is 0.273. The number of para-hydroxylation sites is 1. The van der Waals surface area contributed by atoms with Gasteiger partial charge in [-0.2, -0.15) is 0 Å². The normalized spacial score (nSPS) is 35.2. The summed E-state index contributed by atoms with van der Waals surface area (Å²) in [7, 11) is 0. The van der Waals surface area contributed by atoms with E-state index in [0.29, 0.717) is 0 Å². The highest BCUT2D eigenvalue weighted by molar-refractivity contribution is 5.63. The first-order valence-corrected chi connectivity index (χ1v) is 5.36. The van der Waals surface area contributed by atoms with Crippen LogP contribution in [0.1, 0.15) is 11.6 Å². The molecule has 3 atom stereocenters. The molecule has 1 N–H and O–H groups in total. The van der Waals surface area contributed by atoms with Crippen molar-refractivity contribution in [3.63, 3.8) is 0 Å². The summed E-state index contributed by atoms with van der Waals surface area (Å²) in [6, 6.07) is 7.26. The summed E-state index contributed by atoms with van der Waals surface area (Å²) in [5, 5.41) is 14.4. The van der Waals surface area contributed by atoms with Gasteiger partial charge in [-0.1, -0.05) is 18.2 Å². The van der Waals surface area contributed by atoms with Crippen molar-refractivity contribution in [1.29, 1.82) is 0 Å². The van der Waals surface area contributed by atoms with Crippen LogP contribution in [0.15, 0.2) is 36.7 Å². The second-order valence-electron chi connectivity index (χ2n) is 4.42. The minimum atomic E-state index is -1.24. The third-order valence-electron chi connectivity index (χ3n) is 3.70. The summed E-state index contributed by atoms with van der Waals surface area (Å²) in [5.74, 6) is 0. The van der Waals surface area contributed by atoms with Gasteiger partial charge in [-0.25, -0.2) is 0 Å². The van der Waals surface area contributed by atoms with E-state index in [-0.39, 0.29) is 11.0 Å². The van der Waals surface area contributed by atoms with Gasteiger partial charge in [0, 0.05) is 17.5 Å². The third-order valence-corrected chi connectivity index (χ3v) is 3.70. The number of ether oxygens (including phenoxy) is 1. The van der Waals surface area contributed by atoms with Crippen LogP contribution in [0, 0.1) is 10.1 Å². The van der Waals surface area contributed by atoms with Gasteiger partial charge in [-0.15, -0.1) is 0 Å². The zero-order valence-electron chi connectivity index (χ0n) is 8.74. The van der Waals surface area contributed by atoms with E-state index in [0.717, 1.165) is 11.3 Å². The van der Waals surface area contributed by atoms with Crippen molar-refractivity contribution in [1.82, 2.24) is 4.90 Å². The molecule has 6 heteroatoms. The molecule has 1 fully saturated rings. The molecule has 1 aromatic rings. The lowest BCUT2D eigenvalue weighted by Gasteiger charge is -2.48. The van der Waals surface area contributed by atoms with E-state index in [4.69, 9.17) is 4.74 Å². The van der Waals surface area contributed by atoms with E-state index in [1.807, 2.05) is 29.2 Å². The lowest BCUT2D eigenvalue weighted by molar-refractivity contribution is -0.612. The van der Waals surface area contributed by atoms with Crippen LogP contribution in [0.5, 0.6) is 0 Å². The molecular formula is C11H9N3O3. The van der Waals surface area contributed by atoms with Gasteiger partial charge in [0.25, 0.3) is 6.23 Å². The van der Waals surface area contributed by atoms with E-state index >= 15 is 0 Å². The number of fused-ring (bicyclic) bond motifs is 6. The van der Waals surface area contributed by atoms with E-state index < -0.39 is 11.9 Å². The maximum absolute atomic E-state index is 11.4. The van der Waals surface area contributed by atoms with Gasteiger partial charge in [0.15, 0.2) is 6.04 Å². The van der Waals surface area contributed by atoms with Crippen molar-refractivity contribution in [2.45, 2.75) is 17.9 Å². The lowest BCUT2D eigenvalue weighted by atomic mass is 9.86. The molecule has 17 heavy (non-hydrogen) atoms. The number of anilines is 1. The number of rotatable bonds is 1. The fourth-order valence-corrected chi connectivity index (χ4v) is 2.99. The second kappa shape index (κ2) is 2.53. The summed E-state index contributed by atoms with van der Waals surface area (Å²) in [6.45, 7) is 0. The number of benzene rings is 1. The molecule has 0 radical (unpaired) electrons. The Morgan fingerprint density at radius 1 is 1.47 bits per heavy atom. The van der Waals surface area contributed by atoms with Crippen molar-refractivity contribution in [2.24, 2.45) is 0 Å². The topological polar surface area (TPSA) is 67.6 Å². The Labute approximate surface area is 96.6 Å². The molecule has 3 aliphatic rings. The van der Waals surface area contributed by atoms with Gasteiger partial charge in [-0.05, 0) is 6.07 Å². The molecule has 0 spiro atoms. The minimum absolute atomic E-state index is 0.272. The molecular weight excluding hydrogens is 222 g/mol. The van der Waals surface area contributed by atoms with Crippen LogP contribution in [0.4, 0.5) is 5.69 Å². The second-order valence-corrected chi connectivity index (χ2v) is 4.42. The van der Waals surface area contributed by atoms with Crippen LogP contribution < -0.4 is 5.32 Å². The Bertz CT molecular complexity index is 559. The van der Waals surface area contributed by atoms with E-state index in [1.165, 1.54) is 6.26 Å². The Hall–Kier alpha value is -2.24. The molecule has 0 amide bonds. The molecule has 1 saturated heterocycles. The predicted molar refractivity (Wildman–Crippen MR) is 58.4 cm³/mol. The SMILES string of the molecule is O=[N+]([O-])C12Nc3ccccc3C1N1C=COC12. The molecule has 0 bridgehead atoms. The van der Waals surface area contributed by atoms with Crippen LogP contribution in [0.25, 0.3) is 0 Å². The van der Waals surface area contributed by atoms with Crippen LogP contribution in [-0.2, 0) is 4.74 Å². The maximum Gasteiger partial charge on any atom is 0.373 e. The molecule has 0 saturated carbocycles. The molecule has 4 rings (SSSR count). The zero-order chi connectivity index (χ0) is 11.6. The highest BCUT2D eigenvalue weighted by Crippen LogP contribution is 2.57. The summed E-state index contributed by atoms with van der Waals surface area (Å²) < 4.78 is 5.30. The Morgan fingerprint density at radius 2 is 2.29 bits per heavy atom. The summed E-state index contributed by atoms with van der Waals surface area (Å²) >= 11 is 0. The van der Waals surface area contributed by atoms with E-state index in [9.17, 15) is 10.1 Å². The summed E-state index contributed by atoms with van der Waals surface area (Å²) in [4.78, 5) is 13.0. The average Bonchev–Trinajstić information content (AvgIpc) is 2.83. The number of hydrogen-bond donors (Lipinski definition) is 1. The number of hydrogen-bond acceptors (Lipinski definition) is 5. The highest BCUT2D eigenvalue weighted by Gasteiger charge is 2.77. The Balaban J connectivity index is 1.90. The third kappa shape index (κ3) is 0.769. The van der Waals surface area contributed by atoms with Crippen molar-refractivity contribution in [3.8, 4) is 0 Å². The molecule has 0 aromatic heterocycles. The molecule has 3 heterocycles. The highest BCUT2D eigenvalue weighted by atomic mass is 16.6. The quantitative estimate of drug-likeness (QED) is 0.582. The van der Waals surface area contributed by atoms with Crippen LogP contribution in [-0.4, -0.2) is 21.7 Å². The predicted octanol–water partition coefficient (Wildman–Crippen LogP) is 1.27. The number of nitrogens with zero attached hydrogens (tertiary/aromatic N) is 2. The first-order chi connectivity index (χ1) is 8.25. The van der Waals surface area contributed by atoms with Crippen molar-refractivity contribution in [3.05, 3.63) is 52.4 Å². The van der Waals surface area contributed by atoms with Gasteiger partial charge < -0.3 is 15.0 Å². The van der Waals surface area contributed by atoms with Gasteiger partial charge in [0.1, 0.15) is 6.26 Å². The van der Waals surface area contributed by atoms with Crippen molar-refractivity contribution in [2.75, 3.05) is 5.32 Å². The standard InChI is InChI=1S/C11H9N3O3/c15-14(16)11-9(13-5-6-17-10(11)13)7-3-1-2-4-8(7)12-11/h1-6,9-10,12H. The first-order valence-electron chi connectivity index (χ1n) is 5.36. The van der Waals surface area contributed by atoms with Crippen molar-refractivity contribution < 1.29 is 9.66 Å². The molecule has 86 valence electrons. The lowest BCUT2D eigenvalue weighted by Crippen LogP contribution is -2.73. The summed E-state index contributed by atoms with van der Waals surface area (Å²) in [5.41, 5.74) is 0.531. The maximum atomic E-state index is 11.4. The zero-order valence-corrected chi connectivity index (χ0v) is 8.74. The monoisotopic (exact) mass is 231 g/mol. The molecule has 6 nitrogen and oxygen atoms in total. The van der Waals surface area contributed by atoms with E-state index in [2.05, 4.69) is 5.32 Å². The minimum Gasteiger partial charge on any atom is -0.466 e. The van der Waals surface area contributed by atoms with Gasteiger partial charge >= 0.3 is 5.66 Å². The Kier molecular flexibility index (Phi) is 1.32. The van der Waals surface area contributed by atoms with Gasteiger partial charge in [0.2, 0.25) is 0 Å². The van der Waals surface area contributed by atoms with Crippen molar-refractivity contribution >= 4 is 5.69 Å². The number of nitro groups is 1. The molecule has 3 aliphatic heterocycles. The van der Waals surface area contributed by atoms with E-state index in [1.54, 1.807) is 6.20 Å². The van der Waals surface area contributed by atoms with Crippen LogP contribution in [0.3, 0.4) is 0 Å². The summed E-state index contributed by atoms with van der Waals surface area (Å²) in [6.07, 6.45) is 2.73. The fourth-order valence-electron chi connectivity index (χ4n) is 2.99. The largest absolute Gasteiger partial charge is 0.466 e. The smallest absolute Gasteiger partial charge is 0.373 e. The first kappa shape index (κ1) is 8.86. The molecule has 0 aliphatic carbocycles. The van der Waals surface area contributed by atoms with Crippen LogP contribution in [0.2, 0.25) is 0 Å². The Morgan fingerprint density at radius 3 is 3.12 bits per heavy atom. The average molecular weight is 231 g/mol. The number of nitrogens with one attached hydrogen (secondary N) is 1. The van der Waals surface area contributed by atoms with Crippen LogP contribution >= 0.6 is 0 Å². The van der Waals surface area contributed by atoms with Gasteiger partial charge in [0.05, 0.1) is 4.92 Å². The molecule has 3 unspecified atom stereocenters. The molecule has 1 aromatic carbocycles. The van der Waals surface area contributed by atoms with Gasteiger partial charge in [-0.3, -0.25) is 10.1 Å².